The molecule has 0 bridgehead atoms. The van der Waals surface area contributed by atoms with Crippen molar-refractivity contribution in [3.8, 4) is 0 Å². The van der Waals surface area contributed by atoms with E-state index in [4.69, 9.17) is 5.73 Å². The first-order valence-corrected chi connectivity index (χ1v) is 7.37. The molecule has 4 nitrogen and oxygen atoms in total. The Labute approximate surface area is 109 Å². The lowest BCUT2D eigenvalue weighted by atomic mass is 9.96. The van der Waals surface area contributed by atoms with E-state index in [1.54, 1.807) is 0 Å². The second-order valence-corrected chi connectivity index (χ2v) is 6.50. The van der Waals surface area contributed by atoms with Crippen LogP contribution in [0.1, 0.15) is 38.5 Å². The average Bonchev–Trinajstić information content (AvgIpc) is 3.02. The summed E-state index contributed by atoms with van der Waals surface area (Å²) in [5.41, 5.74) is 5.13. The van der Waals surface area contributed by atoms with Crippen LogP contribution in [0.5, 0.6) is 0 Å². The number of hydrogen-bond acceptors (Lipinski definition) is 3. The Kier molecular flexibility index (Phi) is 3.10. The highest BCUT2D eigenvalue weighted by atomic mass is 16.1. The summed E-state index contributed by atoms with van der Waals surface area (Å²) in [5, 5.41) is 3.18. The summed E-state index contributed by atoms with van der Waals surface area (Å²) in [6, 6.07) is 0.565. The molecule has 0 radical (unpaired) electrons. The van der Waals surface area contributed by atoms with E-state index in [-0.39, 0.29) is 5.91 Å². The molecule has 1 amide bonds. The van der Waals surface area contributed by atoms with E-state index in [0.29, 0.717) is 6.04 Å². The van der Waals surface area contributed by atoms with E-state index in [9.17, 15) is 4.79 Å². The van der Waals surface area contributed by atoms with Crippen molar-refractivity contribution in [2.45, 2.75) is 50.1 Å². The van der Waals surface area contributed by atoms with Gasteiger partial charge in [-0.2, -0.15) is 0 Å². The Bertz CT molecular complexity index is 334. The third kappa shape index (κ3) is 1.86. The Balaban J connectivity index is 1.64. The fraction of sp³-hybridized carbons (Fsp3) is 0.929. The molecule has 4 atom stereocenters. The van der Waals surface area contributed by atoms with Crippen molar-refractivity contribution >= 4 is 5.91 Å². The number of hydrogen-bond donors (Lipinski definition) is 2. The molecule has 0 aromatic heterocycles. The van der Waals surface area contributed by atoms with Crippen LogP contribution >= 0.6 is 0 Å². The lowest BCUT2D eigenvalue weighted by Crippen LogP contribution is -2.53. The predicted molar refractivity (Wildman–Crippen MR) is 71.0 cm³/mol. The van der Waals surface area contributed by atoms with Crippen LogP contribution in [0, 0.1) is 11.8 Å². The topological polar surface area (TPSA) is 58.4 Å². The molecule has 0 aromatic carbocycles. The van der Waals surface area contributed by atoms with Gasteiger partial charge in [-0.3, -0.25) is 9.69 Å². The molecule has 3 aliphatic rings. The summed E-state index contributed by atoms with van der Waals surface area (Å²) in [5.74, 6) is 1.69. The molecule has 2 saturated carbocycles. The van der Waals surface area contributed by atoms with Crippen molar-refractivity contribution < 1.29 is 4.79 Å². The van der Waals surface area contributed by atoms with Gasteiger partial charge in [0, 0.05) is 19.1 Å². The molecular formula is C14H25N3O. The van der Waals surface area contributed by atoms with Crippen molar-refractivity contribution in [2.75, 3.05) is 20.1 Å². The van der Waals surface area contributed by atoms with E-state index >= 15 is 0 Å². The predicted octanol–water partition coefficient (Wildman–Crippen LogP) is 0.714. The second kappa shape index (κ2) is 4.49. The molecule has 18 heavy (non-hydrogen) atoms. The summed E-state index contributed by atoms with van der Waals surface area (Å²) in [6.45, 7) is 2.52. The highest BCUT2D eigenvalue weighted by molar-refractivity contribution is 5.85. The van der Waals surface area contributed by atoms with Crippen LogP contribution in [-0.2, 0) is 4.79 Å². The highest BCUT2D eigenvalue weighted by Crippen LogP contribution is 2.42. The molecule has 2 aliphatic carbocycles. The highest BCUT2D eigenvalue weighted by Gasteiger charge is 2.47. The van der Waals surface area contributed by atoms with Crippen molar-refractivity contribution in [3.63, 3.8) is 0 Å². The van der Waals surface area contributed by atoms with E-state index in [1.165, 1.54) is 32.4 Å². The lowest BCUT2D eigenvalue weighted by molar-refractivity contribution is -0.124. The van der Waals surface area contributed by atoms with Crippen molar-refractivity contribution in [1.29, 1.82) is 0 Å². The maximum atomic E-state index is 11.7. The SMILES string of the molecule is CNC1(C(N)=O)CCC(N2CC3CCCC3C2)C1. The van der Waals surface area contributed by atoms with Gasteiger partial charge < -0.3 is 11.1 Å². The second-order valence-electron chi connectivity index (χ2n) is 6.50. The fourth-order valence-corrected chi connectivity index (χ4v) is 4.47. The number of carbonyl (C=O) groups excluding carboxylic acids is 1. The zero-order valence-corrected chi connectivity index (χ0v) is 11.3. The quantitative estimate of drug-likeness (QED) is 0.777. The minimum absolute atomic E-state index is 0.174. The number of rotatable bonds is 3. The molecule has 1 saturated heterocycles. The molecule has 1 aliphatic heterocycles. The molecule has 4 unspecified atom stereocenters. The average molecular weight is 251 g/mol. The van der Waals surface area contributed by atoms with Crippen LogP contribution < -0.4 is 11.1 Å². The lowest BCUT2D eigenvalue weighted by Gasteiger charge is -2.28. The normalized spacial score (nSPS) is 44.4. The summed E-state index contributed by atoms with van der Waals surface area (Å²) in [4.78, 5) is 14.3. The zero-order chi connectivity index (χ0) is 12.8. The summed E-state index contributed by atoms with van der Waals surface area (Å²) >= 11 is 0. The molecular weight excluding hydrogens is 226 g/mol. The number of primary amides is 1. The van der Waals surface area contributed by atoms with Crippen LogP contribution in [0.3, 0.4) is 0 Å². The number of fused-ring (bicyclic) bond motifs is 1. The van der Waals surface area contributed by atoms with Crippen molar-refractivity contribution in [2.24, 2.45) is 17.6 Å². The molecule has 3 rings (SSSR count). The Morgan fingerprint density at radius 1 is 1.28 bits per heavy atom. The van der Waals surface area contributed by atoms with Gasteiger partial charge in [0.2, 0.25) is 5.91 Å². The summed E-state index contributed by atoms with van der Waals surface area (Å²) < 4.78 is 0. The van der Waals surface area contributed by atoms with E-state index in [1.807, 2.05) is 7.05 Å². The largest absolute Gasteiger partial charge is 0.368 e. The molecule has 3 fully saturated rings. The summed E-state index contributed by atoms with van der Waals surface area (Å²) in [6.07, 6.45) is 7.17. The third-order valence-electron chi connectivity index (χ3n) is 5.71. The van der Waals surface area contributed by atoms with E-state index < -0.39 is 5.54 Å². The number of likely N-dealkylation sites (N-methyl/N-ethyl adjacent to an activating group) is 1. The van der Waals surface area contributed by atoms with Gasteiger partial charge in [0.1, 0.15) is 0 Å². The van der Waals surface area contributed by atoms with Crippen LogP contribution in [0.25, 0.3) is 0 Å². The van der Waals surface area contributed by atoms with Crippen molar-refractivity contribution in [3.05, 3.63) is 0 Å². The number of likely N-dealkylation sites (tertiary alicyclic amines) is 1. The van der Waals surface area contributed by atoms with Crippen LogP contribution in [-0.4, -0.2) is 42.5 Å². The van der Waals surface area contributed by atoms with Crippen LogP contribution in [0.15, 0.2) is 0 Å². The van der Waals surface area contributed by atoms with Gasteiger partial charge >= 0.3 is 0 Å². The van der Waals surface area contributed by atoms with Crippen molar-refractivity contribution in [1.82, 2.24) is 10.2 Å². The first kappa shape index (κ1) is 12.4. The molecule has 102 valence electrons. The number of carbonyl (C=O) groups is 1. The standard InChI is InChI=1S/C14H25N3O/c1-16-14(13(15)18)6-5-12(7-14)17-8-10-3-2-4-11(10)9-17/h10-12,16H,2-9H2,1H3,(H2,15,18). The Hall–Kier alpha value is -0.610. The maximum absolute atomic E-state index is 11.7. The smallest absolute Gasteiger partial charge is 0.237 e. The Morgan fingerprint density at radius 3 is 2.44 bits per heavy atom. The van der Waals surface area contributed by atoms with E-state index in [0.717, 1.165) is 31.1 Å². The van der Waals surface area contributed by atoms with Gasteiger partial charge in [-0.05, 0) is 51.0 Å². The summed E-state index contributed by atoms with van der Waals surface area (Å²) in [7, 11) is 1.87. The van der Waals surface area contributed by atoms with Crippen LogP contribution in [0.2, 0.25) is 0 Å². The number of amides is 1. The minimum atomic E-state index is -0.442. The first-order valence-electron chi connectivity index (χ1n) is 7.37. The van der Waals surface area contributed by atoms with Crippen LogP contribution in [0.4, 0.5) is 0 Å². The van der Waals surface area contributed by atoms with Gasteiger partial charge in [0.05, 0.1) is 5.54 Å². The number of nitrogens with zero attached hydrogens (tertiary/aromatic N) is 1. The minimum Gasteiger partial charge on any atom is -0.368 e. The third-order valence-corrected chi connectivity index (χ3v) is 5.71. The molecule has 4 heteroatoms. The first-order chi connectivity index (χ1) is 8.64. The van der Waals surface area contributed by atoms with Gasteiger partial charge in [0.15, 0.2) is 0 Å². The number of nitrogens with two attached hydrogens (primary N) is 1. The maximum Gasteiger partial charge on any atom is 0.237 e. The molecule has 0 spiro atoms. The van der Waals surface area contributed by atoms with Gasteiger partial charge in [-0.15, -0.1) is 0 Å². The van der Waals surface area contributed by atoms with Gasteiger partial charge in [0.25, 0.3) is 0 Å². The molecule has 3 N–H and O–H groups in total. The van der Waals surface area contributed by atoms with Gasteiger partial charge in [-0.25, -0.2) is 0 Å². The monoisotopic (exact) mass is 251 g/mol. The molecule has 1 heterocycles. The fourth-order valence-electron chi connectivity index (χ4n) is 4.47. The zero-order valence-electron chi connectivity index (χ0n) is 11.3. The Morgan fingerprint density at radius 2 is 1.94 bits per heavy atom. The molecule has 0 aromatic rings. The van der Waals surface area contributed by atoms with E-state index in [2.05, 4.69) is 10.2 Å². The number of nitrogens with one attached hydrogen (secondary N) is 1. The van der Waals surface area contributed by atoms with Gasteiger partial charge in [-0.1, -0.05) is 6.42 Å².